The van der Waals surface area contributed by atoms with Gasteiger partial charge in [0, 0.05) is 10.9 Å². The molecule has 104 valence electrons. The summed E-state index contributed by atoms with van der Waals surface area (Å²) in [5, 5.41) is 8.18. The fourth-order valence-electron chi connectivity index (χ4n) is 2.53. The monoisotopic (exact) mass is 280 g/mol. The van der Waals surface area contributed by atoms with Gasteiger partial charge in [0.15, 0.2) is 11.5 Å². The van der Waals surface area contributed by atoms with Crippen molar-refractivity contribution in [1.29, 1.82) is 0 Å². The van der Waals surface area contributed by atoms with E-state index in [1.807, 2.05) is 36.4 Å². The maximum Gasteiger partial charge on any atom is 0.272 e. The van der Waals surface area contributed by atoms with Crippen LogP contribution >= 0.6 is 0 Å². The number of hydrogen-bond donors (Lipinski definition) is 1. The standard InChI is InChI=1S/C16H12N2O3/c19-16-12-4-2-1-3-11(12)15(17-18-16)10-5-6-13-14(9-10)21-8-7-20-13/h1-6,9H,7-8H2,(H,18,19). The first kappa shape index (κ1) is 12.0. The van der Waals surface area contributed by atoms with Crippen molar-refractivity contribution in [3.63, 3.8) is 0 Å². The minimum Gasteiger partial charge on any atom is -0.486 e. The number of H-pyrrole nitrogens is 1. The number of nitrogens with zero attached hydrogens (tertiary/aromatic N) is 1. The smallest absolute Gasteiger partial charge is 0.272 e. The third-order valence-corrected chi connectivity index (χ3v) is 3.51. The highest BCUT2D eigenvalue weighted by Gasteiger charge is 2.14. The molecular weight excluding hydrogens is 268 g/mol. The molecule has 0 fully saturated rings. The molecule has 0 amide bonds. The number of benzene rings is 2. The largest absolute Gasteiger partial charge is 0.486 e. The van der Waals surface area contributed by atoms with Crippen LogP contribution in [0.25, 0.3) is 22.0 Å². The van der Waals surface area contributed by atoms with Crippen molar-refractivity contribution in [2.45, 2.75) is 0 Å². The van der Waals surface area contributed by atoms with Crippen LogP contribution in [-0.2, 0) is 0 Å². The van der Waals surface area contributed by atoms with E-state index in [0.29, 0.717) is 24.3 Å². The molecule has 0 saturated heterocycles. The first-order chi connectivity index (χ1) is 10.3. The van der Waals surface area contributed by atoms with Gasteiger partial charge in [0.05, 0.1) is 11.1 Å². The van der Waals surface area contributed by atoms with Gasteiger partial charge in [0.1, 0.15) is 13.2 Å². The number of rotatable bonds is 1. The molecule has 0 unspecified atom stereocenters. The van der Waals surface area contributed by atoms with Crippen molar-refractivity contribution < 1.29 is 9.47 Å². The lowest BCUT2D eigenvalue weighted by Crippen LogP contribution is -2.15. The van der Waals surface area contributed by atoms with Gasteiger partial charge in [-0.25, -0.2) is 5.10 Å². The first-order valence-corrected chi connectivity index (χ1v) is 6.70. The van der Waals surface area contributed by atoms with E-state index in [9.17, 15) is 4.79 Å². The Hall–Kier alpha value is -2.82. The van der Waals surface area contributed by atoms with E-state index in [1.54, 1.807) is 6.07 Å². The fraction of sp³-hybridized carbons (Fsp3) is 0.125. The average molecular weight is 280 g/mol. The quantitative estimate of drug-likeness (QED) is 0.743. The second-order valence-electron chi connectivity index (χ2n) is 4.81. The molecule has 1 aliphatic heterocycles. The van der Waals surface area contributed by atoms with E-state index in [2.05, 4.69) is 10.2 Å². The van der Waals surface area contributed by atoms with Gasteiger partial charge < -0.3 is 9.47 Å². The van der Waals surface area contributed by atoms with E-state index >= 15 is 0 Å². The van der Waals surface area contributed by atoms with Crippen LogP contribution in [0.3, 0.4) is 0 Å². The number of aromatic amines is 1. The number of fused-ring (bicyclic) bond motifs is 2. The van der Waals surface area contributed by atoms with Gasteiger partial charge in [-0.2, -0.15) is 5.10 Å². The molecule has 0 aliphatic carbocycles. The Labute approximate surface area is 120 Å². The Morgan fingerprint density at radius 3 is 2.57 bits per heavy atom. The van der Waals surface area contributed by atoms with Crippen molar-refractivity contribution in [3.8, 4) is 22.8 Å². The molecule has 0 radical (unpaired) electrons. The van der Waals surface area contributed by atoms with Gasteiger partial charge >= 0.3 is 0 Å². The number of hydrogen-bond acceptors (Lipinski definition) is 4. The maximum absolute atomic E-state index is 11.8. The molecule has 4 rings (SSSR count). The van der Waals surface area contributed by atoms with Gasteiger partial charge in [-0.05, 0) is 24.3 Å². The van der Waals surface area contributed by atoms with Crippen LogP contribution in [0.1, 0.15) is 0 Å². The van der Waals surface area contributed by atoms with Crippen LogP contribution in [0.5, 0.6) is 11.5 Å². The molecule has 0 saturated carbocycles. The number of nitrogens with one attached hydrogen (secondary N) is 1. The highest BCUT2D eigenvalue weighted by Crippen LogP contribution is 2.35. The lowest BCUT2D eigenvalue weighted by Gasteiger charge is -2.18. The van der Waals surface area contributed by atoms with Crippen LogP contribution in [0.4, 0.5) is 0 Å². The number of ether oxygens (including phenoxy) is 2. The molecule has 21 heavy (non-hydrogen) atoms. The van der Waals surface area contributed by atoms with Gasteiger partial charge in [-0.3, -0.25) is 4.79 Å². The summed E-state index contributed by atoms with van der Waals surface area (Å²) in [6, 6.07) is 13.1. The van der Waals surface area contributed by atoms with Crippen LogP contribution in [0, 0.1) is 0 Å². The lowest BCUT2D eigenvalue weighted by molar-refractivity contribution is 0.171. The molecule has 1 N–H and O–H groups in total. The first-order valence-electron chi connectivity index (χ1n) is 6.70. The molecule has 0 atom stereocenters. The molecule has 5 nitrogen and oxygen atoms in total. The zero-order valence-electron chi connectivity index (χ0n) is 11.1. The van der Waals surface area contributed by atoms with E-state index in [-0.39, 0.29) is 5.56 Å². The third kappa shape index (κ3) is 1.94. The highest BCUT2D eigenvalue weighted by molar-refractivity contribution is 5.93. The summed E-state index contributed by atoms with van der Waals surface area (Å²) >= 11 is 0. The summed E-state index contributed by atoms with van der Waals surface area (Å²) in [5.41, 5.74) is 1.42. The Morgan fingerprint density at radius 1 is 0.952 bits per heavy atom. The molecule has 3 aromatic rings. The predicted octanol–water partition coefficient (Wildman–Crippen LogP) is 2.36. The summed E-state index contributed by atoms with van der Waals surface area (Å²) in [5.74, 6) is 1.44. The maximum atomic E-state index is 11.8. The zero-order chi connectivity index (χ0) is 14.2. The Morgan fingerprint density at radius 2 is 1.71 bits per heavy atom. The third-order valence-electron chi connectivity index (χ3n) is 3.51. The normalized spacial score (nSPS) is 13.3. The predicted molar refractivity (Wildman–Crippen MR) is 78.8 cm³/mol. The van der Waals surface area contributed by atoms with Crippen molar-refractivity contribution in [3.05, 3.63) is 52.8 Å². The highest BCUT2D eigenvalue weighted by atomic mass is 16.6. The van der Waals surface area contributed by atoms with E-state index < -0.39 is 0 Å². The summed E-state index contributed by atoms with van der Waals surface area (Å²) in [6.45, 7) is 1.10. The van der Waals surface area contributed by atoms with Gasteiger partial charge in [-0.15, -0.1) is 0 Å². The Bertz CT molecular complexity index is 886. The minimum atomic E-state index is -0.188. The lowest BCUT2D eigenvalue weighted by atomic mass is 10.0. The second kappa shape index (κ2) is 4.63. The molecule has 0 spiro atoms. The molecular formula is C16H12N2O3. The van der Waals surface area contributed by atoms with Crippen molar-refractivity contribution in [1.82, 2.24) is 10.2 Å². The van der Waals surface area contributed by atoms with Gasteiger partial charge in [-0.1, -0.05) is 18.2 Å². The number of aromatic nitrogens is 2. The fourth-order valence-corrected chi connectivity index (χ4v) is 2.53. The van der Waals surface area contributed by atoms with E-state index in [4.69, 9.17) is 9.47 Å². The molecule has 1 aromatic heterocycles. The molecule has 2 aromatic carbocycles. The summed E-state index contributed by atoms with van der Waals surface area (Å²) in [7, 11) is 0. The molecule has 5 heteroatoms. The van der Waals surface area contributed by atoms with Crippen LogP contribution in [0.2, 0.25) is 0 Å². The van der Waals surface area contributed by atoms with Crippen molar-refractivity contribution in [2.24, 2.45) is 0 Å². The summed E-state index contributed by atoms with van der Waals surface area (Å²) < 4.78 is 11.1. The average Bonchev–Trinajstić information content (AvgIpc) is 2.55. The summed E-state index contributed by atoms with van der Waals surface area (Å²) in [6.07, 6.45) is 0. The molecule has 2 heterocycles. The minimum absolute atomic E-state index is 0.188. The Kier molecular flexibility index (Phi) is 2.64. The SMILES string of the molecule is O=c1[nH]nc(-c2ccc3c(c2)OCCO3)c2ccccc12. The Balaban J connectivity index is 1.95. The summed E-state index contributed by atoms with van der Waals surface area (Å²) in [4.78, 5) is 11.8. The van der Waals surface area contributed by atoms with Gasteiger partial charge in [0.25, 0.3) is 5.56 Å². The van der Waals surface area contributed by atoms with Crippen LogP contribution in [0.15, 0.2) is 47.3 Å². The second-order valence-corrected chi connectivity index (χ2v) is 4.81. The van der Waals surface area contributed by atoms with Gasteiger partial charge in [0.2, 0.25) is 0 Å². The van der Waals surface area contributed by atoms with Crippen LogP contribution in [-0.4, -0.2) is 23.4 Å². The molecule has 1 aliphatic rings. The van der Waals surface area contributed by atoms with E-state index in [1.165, 1.54) is 0 Å². The van der Waals surface area contributed by atoms with Crippen LogP contribution < -0.4 is 15.0 Å². The topological polar surface area (TPSA) is 64.2 Å². The van der Waals surface area contributed by atoms with E-state index in [0.717, 1.165) is 22.4 Å². The zero-order valence-corrected chi connectivity index (χ0v) is 11.1. The molecule has 0 bridgehead atoms. The van der Waals surface area contributed by atoms with Crippen molar-refractivity contribution in [2.75, 3.05) is 13.2 Å². The van der Waals surface area contributed by atoms with Crippen molar-refractivity contribution >= 4 is 10.8 Å².